The Morgan fingerprint density at radius 3 is 2.85 bits per heavy atom. The van der Waals surface area contributed by atoms with Crippen LogP contribution in [-0.2, 0) is 4.74 Å². The van der Waals surface area contributed by atoms with Crippen LogP contribution in [0.25, 0.3) is 10.9 Å². The maximum Gasteiger partial charge on any atom is 0.252 e. The number of nitrogens with zero attached hydrogens (tertiary/aromatic N) is 1. The van der Waals surface area contributed by atoms with Crippen LogP contribution >= 0.6 is 23.4 Å². The van der Waals surface area contributed by atoms with Gasteiger partial charge in [0.25, 0.3) is 5.91 Å². The quantitative estimate of drug-likeness (QED) is 0.660. The van der Waals surface area contributed by atoms with Crippen molar-refractivity contribution in [1.82, 2.24) is 10.3 Å². The molecule has 2 heterocycles. The van der Waals surface area contributed by atoms with Crippen molar-refractivity contribution in [2.24, 2.45) is 0 Å². The number of rotatable bonds is 5. The van der Waals surface area contributed by atoms with E-state index in [9.17, 15) is 4.79 Å². The SMILES string of the molecule is O=C(NC[C@H]1CCCO1)c1cc(Sc2ccccc2Cl)nc2ccccc12. The molecule has 1 fully saturated rings. The molecule has 1 atom stereocenters. The number of aromatic nitrogens is 1. The van der Waals surface area contributed by atoms with Crippen molar-refractivity contribution in [2.45, 2.75) is 28.9 Å². The molecular weight excluding hydrogens is 380 g/mol. The first-order chi connectivity index (χ1) is 13.2. The van der Waals surface area contributed by atoms with E-state index in [-0.39, 0.29) is 12.0 Å². The number of fused-ring (bicyclic) bond motifs is 1. The highest BCUT2D eigenvalue weighted by Crippen LogP contribution is 2.34. The third kappa shape index (κ3) is 4.26. The summed E-state index contributed by atoms with van der Waals surface area (Å²) in [6.07, 6.45) is 2.15. The number of halogens is 1. The summed E-state index contributed by atoms with van der Waals surface area (Å²) < 4.78 is 5.60. The average molecular weight is 399 g/mol. The summed E-state index contributed by atoms with van der Waals surface area (Å²) in [6.45, 7) is 1.31. The first-order valence-corrected chi connectivity index (χ1v) is 10.1. The van der Waals surface area contributed by atoms with Crippen molar-refractivity contribution in [3.8, 4) is 0 Å². The highest BCUT2D eigenvalue weighted by atomic mass is 35.5. The molecule has 1 N–H and O–H groups in total. The number of hydrogen-bond acceptors (Lipinski definition) is 4. The molecule has 1 saturated heterocycles. The Kier molecular flexibility index (Phi) is 5.62. The minimum atomic E-state index is -0.106. The molecule has 3 aromatic rings. The predicted molar refractivity (Wildman–Crippen MR) is 109 cm³/mol. The highest BCUT2D eigenvalue weighted by molar-refractivity contribution is 7.99. The topological polar surface area (TPSA) is 51.2 Å². The molecule has 0 aliphatic carbocycles. The second kappa shape index (κ2) is 8.30. The molecule has 27 heavy (non-hydrogen) atoms. The van der Waals surface area contributed by atoms with Gasteiger partial charge < -0.3 is 10.1 Å². The summed E-state index contributed by atoms with van der Waals surface area (Å²) in [7, 11) is 0. The van der Waals surface area contributed by atoms with Crippen molar-refractivity contribution >= 4 is 40.2 Å². The molecule has 1 aromatic heterocycles. The van der Waals surface area contributed by atoms with Gasteiger partial charge >= 0.3 is 0 Å². The van der Waals surface area contributed by atoms with Crippen LogP contribution in [0.2, 0.25) is 5.02 Å². The summed E-state index contributed by atoms with van der Waals surface area (Å²) in [5.74, 6) is -0.106. The van der Waals surface area contributed by atoms with Gasteiger partial charge in [0, 0.05) is 23.4 Å². The summed E-state index contributed by atoms with van der Waals surface area (Å²) in [6, 6.07) is 17.1. The van der Waals surface area contributed by atoms with E-state index < -0.39 is 0 Å². The second-order valence-electron chi connectivity index (χ2n) is 6.40. The van der Waals surface area contributed by atoms with Gasteiger partial charge in [0.05, 0.1) is 22.2 Å². The first kappa shape index (κ1) is 18.3. The molecule has 0 bridgehead atoms. The monoisotopic (exact) mass is 398 g/mol. The van der Waals surface area contributed by atoms with Gasteiger partial charge in [0.1, 0.15) is 5.03 Å². The predicted octanol–water partition coefficient (Wildman–Crippen LogP) is 4.95. The van der Waals surface area contributed by atoms with Gasteiger partial charge in [-0.3, -0.25) is 4.79 Å². The summed E-state index contributed by atoms with van der Waals surface area (Å²) in [4.78, 5) is 18.5. The van der Waals surface area contributed by atoms with Gasteiger partial charge in [-0.1, -0.05) is 53.7 Å². The van der Waals surface area contributed by atoms with Crippen LogP contribution in [0.1, 0.15) is 23.2 Å². The summed E-state index contributed by atoms with van der Waals surface area (Å²) >= 11 is 7.73. The fourth-order valence-electron chi connectivity index (χ4n) is 3.14. The number of nitrogens with one attached hydrogen (secondary N) is 1. The molecular formula is C21H19ClN2O2S. The number of carbonyl (C=O) groups is 1. The maximum absolute atomic E-state index is 12.9. The smallest absolute Gasteiger partial charge is 0.252 e. The van der Waals surface area contributed by atoms with Crippen molar-refractivity contribution in [1.29, 1.82) is 0 Å². The number of ether oxygens (including phenoxy) is 1. The molecule has 1 aliphatic heterocycles. The number of carbonyl (C=O) groups excluding carboxylic acids is 1. The van der Waals surface area contributed by atoms with E-state index >= 15 is 0 Å². The van der Waals surface area contributed by atoms with Gasteiger partial charge in [0.2, 0.25) is 0 Å². The lowest BCUT2D eigenvalue weighted by Crippen LogP contribution is -2.31. The van der Waals surface area contributed by atoms with Crippen LogP contribution < -0.4 is 5.32 Å². The second-order valence-corrected chi connectivity index (χ2v) is 7.87. The Bertz CT molecular complexity index is 973. The van der Waals surface area contributed by atoms with Gasteiger partial charge in [0.15, 0.2) is 0 Å². The number of hydrogen-bond donors (Lipinski definition) is 1. The molecule has 4 rings (SSSR count). The Labute approximate surface area is 167 Å². The zero-order valence-corrected chi connectivity index (χ0v) is 16.2. The van der Waals surface area contributed by atoms with Crippen LogP contribution in [-0.4, -0.2) is 30.1 Å². The fourth-order valence-corrected chi connectivity index (χ4v) is 4.25. The van der Waals surface area contributed by atoms with Crippen LogP contribution in [0.15, 0.2) is 64.5 Å². The molecule has 138 valence electrons. The Balaban J connectivity index is 1.63. The lowest BCUT2D eigenvalue weighted by atomic mass is 10.1. The van der Waals surface area contributed by atoms with E-state index in [1.807, 2.05) is 54.6 Å². The van der Waals surface area contributed by atoms with E-state index in [1.54, 1.807) is 0 Å². The number of amides is 1. The number of para-hydroxylation sites is 1. The lowest BCUT2D eigenvalue weighted by Gasteiger charge is -2.13. The Hall–Kier alpha value is -2.08. The molecule has 2 aromatic carbocycles. The van der Waals surface area contributed by atoms with Crippen molar-refractivity contribution < 1.29 is 9.53 Å². The third-order valence-corrected chi connectivity index (χ3v) is 5.94. The van der Waals surface area contributed by atoms with E-state index in [2.05, 4.69) is 5.32 Å². The highest BCUT2D eigenvalue weighted by Gasteiger charge is 2.18. The van der Waals surface area contributed by atoms with E-state index in [4.69, 9.17) is 21.3 Å². The minimum absolute atomic E-state index is 0.106. The van der Waals surface area contributed by atoms with Crippen LogP contribution in [0.3, 0.4) is 0 Å². The third-order valence-electron chi connectivity index (χ3n) is 4.50. The molecule has 0 saturated carbocycles. The van der Waals surface area contributed by atoms with Gasteiger partial charge in [-0.25, -0.2) is 4.98 Å². The summed E-state index contributed by atoms with van der Waals surface area (Å²) in [5, 5.41) is 5.26. The van der Waals surface area contributed by atoms with Crippen LogP contribution in [0.4, 0.5) is 0 Å². The zero-order valence-electron chi connectivity index (χ0n) is 14.7. The first-order valence-electron chi connectivity index (χ1n) is 8.93. The number of benzene rings is 2. The van der Waals surface area contributed by atoms with Gasteiger partial charge in [-0.15, -0.1) is 0 Å². The van der Waals surface area contributed by atoms with Gasteiger partial charge in [-0.2, -0.15) is 0 Å². The Morgan fingerprint density at radius 1 is 1.22 bits per heavy atom. The molecule has 0 spiro atoms. The zero-order chi connectivity index (χ0) is 18.6. The Morgan fingerprint density at radius 2 is 2.04 bits per heavy atom. The molecule has 4 nitrogen and oxygen atoms in total. The van der Waals surface area contributed by atoms with Crippen LogP contribution in [0.5, 0.6) is 0 Å². The fraction of sp³-hybridized carbons (Fsp3) is 0.238. The average Bonchev–Trinajstić information content (AvgIpc) is 3.21. The maximum atomic E-state index is 12.9. The standard InChI is InChI=1S/C21H19ClN2O2S/c22-17-8-2-4-10-19(17)27-20-12-16(15-7-1-3-9-18(15)24-20)21(25)23-13-14-6-5-11-26-14/h1-4,7-10,12,14H,5-6,11,13H2,(H,23,25)/t14-/m1/s1. The lowest BCUT2D eigenvalue weighted by molar-refractivity contribution is 0.0859. The van der Waals surface area contributed by atoms with E-state index in [0.29, 0.717) is 17.1 Å². The van der Waals surface area contributed by atoms with Crippen LogP contribution in [0, 0.1) is 0 Å². The van der Waals surface area contributed by atoms with Crippen molar-refractivity contribution in [2.75, 3.05) is 13.2 Å². The van der Waals surface area contributed by atoms with E-state index in [0.717, 1.165) is 40.3 Å². The number of pyridine rings is 1. The van der Waals surface area contributed by atoms with Gasteiger partial charge in [-0.05, 0) is 37.1 Å². The molecule has 0 radical (unpaired) electrons. The molecule has 1 amide bonds. The normalized spacial score (nSPS) is 16.6. The van der Waals surface area contributed by atoms with E-state index in [1.165, 1.54) is 11.8 Å². The molecule has 6 heteroatoms. The summed E-state index contributed by atoms with van der Waals surface area (Å²) in [5.41, 5.74) is 1.41. The molecule has 1 aliphatic rings. The van der Waals surface area contributed by atoms with Crippen molar-refractivity contribution in [3.63, 3.8) is 0 Å². The minimum Gasteiger partial charge on any atom is -0.376 e. The molecule has 0 unspecified atom stereocenters. The largest absolute Gasteiger partial charge is 0.376 e. The van der Waals surface area contributed by atoms with Crippen molar-refractivity contribution in [3.05, 3.63) is 65.2 Å².